The Balaban J connectivity index is 2.12. The Morgan fingerprint density at radius 2 is 2.35 bits per heavy atom. The highest BCUT2D eigenvalue weighted by Crippen LogP contribution is 2.18. The van der Waals surface area contributed by atoms with E-state index in [4.69, 9.17) is 9.84 Å². The van der Waals surface area contributed by atoms with Crippen LogP contribution in [-0.4, -0.2) is 54.9 Å². The van der Waals surface area contributed by atoms with Gasteiger partial charge in [0.15, 0.2) is 0 Å². The molecular formula is C15H22N2O3. The zero-order valence-corrected chi connectivity index (χ0v) is 12.1. The van der Waals surface area contributed by atoms with Gasteiger partial charge in [-0.25, -0.2) is 0 Å². The number of carbonyl (C=O) groups excluding carboxylic acids is 1. The molecule has 0 saturated carbocycles. The Morgan fingerprint density at radius 3 is 3.00 bits per heavy atom. The number of hydrogen-bond donors (Lipinski definition) is 2. The number of morpholine rings is 1. The van der Waals surface area contributed by atoms with Gasteiger partial charge >= 0.3 is 0 Å². The molecule has 0 aromatic heterocycles. The lowest BCUT2D eigenvalue weighted by molar-refractivity contribution is -0.0447. The van der Waals surface area contributed by atoms with E-state index in [1.165, 1.54) is 0 Å². The number of benzene rings is 1. The number of nitrogens with zero attached hydrogens (tertiary/aromatic N) is 1. The van der Waals surface area contributed by atoms with Crippen LogP contribution in [0.5, 0.6) is 0 Å². The molecule has 2 rings (SSSR count). The summed E-state index contributed by atoms with van der Waals surface area (Å²) in [6.07, 6.45) is -0.269. The van der Waals surface area contributed by atoms with Crippen molar-refractivity contribution in [2.45, 2.75) is 20.0 Å². The zero-order valence-electron chi connectivity index (χ0n) is 12.1. The van der Waals surface area contributed by atoms with Crippen LogP contribution in [0.15, 0.2) is 18.2 Å². The molecule has 1 saturated heterocycles. The maximum atomic E-state index is 12.5. The third-order valence-electron chi connectivity index (χ3n) is 3.47. The smallest absolute Gasteiger partial charge is 0.254 e. The molecule has 1 aliphatic rings. The number of aliphatic hydroxyl groups excluding tert-OH is 1. The van der Waals surface area contributed by atoms with Crippen LogP contribution in [0.1, 0.15) is 22.8 Å². The minimum absolute atomic E-state index is 0.00676. The Labute approximate surface area is 119 Å². The van der Waals surface area contributed by atoms with Gasteiger partial charge in [0.1, 0.15) is 0 Å². The second-order valence-corrected chi connectivity index (χ2v) is 4.99. The van der Waals surface area contributed by atoms with Gasteiger partial charge in [-0.3, -0.25) is 4.79 Å². The zero-order chi connectivity index (χ0) is 14.5. The summed E-state index contributed by atoms with van der Waals surface area (Å²) in [6, 6.07) is 5.77. The lowest BCUT2D eigenvalue weighted by Gasteiger charge is -2.32. The largest absolute Gasteiger partial charge is 0.394 e. The van der Waals surface area contributed by atoms with Gasteiger partial charge in [0.25, 0.3) is 5.91 Å². The lowest BCUT2D eigenvalue weighted by Crippen LogP contribution is -2.47. The van der Waals surface area contributed by atoms with Gasteiger partial charge in [-0.15, -0.1) is 0 Å². The van der Waals surface area contributed by atoms with Gasteiger partial charge in [0, 0.05) is 30.9 Å². The van der Waals surface area contributed by atoms with Gasteiger partial charge in [-0.2, -0.15) is 0 Å². The topological polar surface area (TPSA) is 61.8 Å². The lowest BCUT2D eigenvalue weighted by atomic mass is 10.1. The van der Waals surface area contributed by atoms with Crippen LogP contribution in [0.25, 0.3) is 0 Å². The van der Waals surface area contributed by atoms with Crippen molar-refractivity contribution in [3.05, 3.63) is 29.3 Å². The van der Waals surface area contributed by atoms with Gasteiger partial charge in [0.05, 0.1) is 19.3 Å². The number of aryl methyl sites for hydroxylation is 1. The molecule has 0 aliphatic carbocycles. The number of anilines is 1. The molecule has 1 aromatic carbocycles. The van der Waals surface area contributed by atoms with Crippen LogP contribution in [0.4, 0.5) is 5.69 Å². The Morgan fingerprint density at radius 1 is 1.55 bits per heavy atom. The normalized spacial score (nSPS) is 18.9. The van der Waals surface area contributed by atoms with Crippen molar-refractivity contribution in [2.75, 3.05) is 38.2 Å². The molecule has 0 radical (unpaired) electrons. The van der Waals surface area contributed by atoms with Crippen molar-refractivity contribution in [3.8, 4) is 0 Å². The minimum Gasteiger partial charge on any atom is -0.394 e. The molecule has 5 heteroatoms. The Kier molecular flexibility index (Phi) is 4.98. The summed E-state index contributed by atoms with van der Waals surface area (Å²) < 4.78 is 5.37. The highest BCUT2D eigenvalue weighted by atomic mass is 16.5. The van der Waals surface area contributed by atoms with Gasteiger partial charge in [-0.1, -0.05) is 0 Å². The van der Waals surface area contributed by atoms with E-state index >= 15 is 0 Å². The summed E-state index contributed by atoms with van der Waals surface area (Å²) in [5.41, 5.74) is 2.70. The monoisotopic (exact) mass is 278 g/mol. The fourth-order valence-corrected chi connectivity index (χ4v) is 2.40. The fraction of sp³-hybridized carbons (Fsp3) is 0.533. The standard InChI is InChI=1S/C15H22N2O3/c1-3-16-12-4-5-14(11(2)8-12)15(19)17-6-7-20-13(9-17)10-18/h4-5,8,13,16,18H,3,6-7,9-10H2,1-2H3. The summed E-state index contributed by atoms with van der Waals surface area (Å²) in [5, 5.41) is 12.4. The molecule has 1 amide bonds. The van der Waals surface area contributed by atoms with E-state index < -0.39 is 0 Å². The number of aliphatic hydroxyl groups is 1. The summed E-state index contributed by atoms with van der Waals surface area (Å²) in [6.45, 7) is 6.28. The first-order valence-electron chi connectivity index (χ1n) is 7.02. The van der Waals surface area contributed by atoms with E-state index in [0.29, 0.717) is 25.3 Å². The quantitative estimate of drug-likeness (QED) is 0.870. The molecule has 1 heterocycles. The summed E-state index contributed by atoms with van der Waals surface area (Å²) in [7, 11) is 0. The number of amides is 1. The van der Waals surface area contributed by atoms with E-state index in [0.717, 1.165) is 17.8 Å². The van der Waals surface area contributed by atoms with E-state index in [2.05, 4.69) is 5.32 Å². The average molecular weight is 278 g/mol. The molecule has 2 N–H and O–H groups in total. The molecule has 5 nitrogen and oxygen atoms in total. The first-order valence-corrected chi connectivity index (χ1v) is 7.02. The summed E-state index contributed by atoms with van der Waals surface area (Å²) >= 11 is 0. The molecule has 1 aliphatic heterocycles. The second kappa shape index (κ2) is 6.72. The van der Waals surface area contributed by atoms with E-state index in [1.54, 1.807) is 4.90 Å². The van der Waals surface area contributed by atoms with E-state index in [1.807, 2.05) is 32.0 Å². The molecule has 0 bridgehead atoms. The minimum atomic E-state index is -0.269. The van der Waals surface area contributed by atoms with Crippen LogP contribution >= 0.6 is 0 Å². The predicted octanol–water partition coefficient (Wildman–Crippen LogP) is 1.26. The van der Waals surface area contributed by atoms with Crippen molar-refractivity contribution >= 4 is 11.6 Å². The third-order valence-corrected chi connectivity index (χ3v) is 3.47. The van der Waals surface area contributed by atoms with E-state index in [9.17, 15) is 4.79 Å². The van der Waals surface area contributed by atoms with Crippen molar-refractivity contribution in [1.29, 1.82) is 0 Å². The number of carbonyl (C=O) groups is 1. The molecule has 1 fully saturated rings. The molecular weight excluding hydrogens is 256 g/mol. The highest BCUT2D eigenvalue weighted by molar-refractivity contribution is 5.96. The fourth-order valence-electron chi connectivity index (χ4n) is 2.40. The SMILES string of the molecule is CCNc1ccc(C(=O)N2CCOC(CO)C2)c(C)c1. The molecule has 1 aromatic rings. The molecule has 0 spiro atoms. The second-order valence-electron chi connectivity index (χ2n) is 4.99. The first kappa shape index (κ1) is 14.8. The molecule has 110 valence electrons. The summed E-state index contributed by atoms with van der Waals surface area (Å²) in [4.78, 5) is 14.3. The maximum absolute atomic E-state index is 12.5. The van der Waals surface area contributed by atoms with Gasteiger partial charge in [-0.05, 0) is 37.6 Å². The first-order chi connectivity index (χ1) is 9.65. The Bertz CT molecular complexity index is 476. The average Bonchev–Trinajstić information content (AvgIpc) is 2.47. The van der Waals surface area contributed by atoms with Crippen molar-refractivity contribution in [1.82, 2.24) is 4.90 Å². The van der Waals surface area contributed by atoms with Crippen molar-refractivity contribution in [2.24, 2.45) is 0 Å². The van der Waals surface area contributed by atoms with Crippen molar-refractivity contribution < 1.29 is 14.6 Å². The number of ether oxygens (including phenoxy) is 1. The third kappa shape index (κ3) is 3.29. The predicted molar refractivity (Wildman–Crippen MR) is 78.1 cm³/mol. The summed E-state index contributed by atoms with van der Waals surface area (Å²) in [5.74, 6) is 0.00676. The molecule has 20 heavy (non-hydrogen) atoms. The number of rotatable bonds is 4. The van der Waals surface area contributed by atoms with Gasteiger partial charge < -0.3 is 20.1 Å². The van der Waals surface area contributed by atoms with E-state index in [-0.39, 0.29) is 18.6 Å². The van der Waals surface area contributed by atoms with Crippen LogP contribution in [0.3, 0.4) is 0 Å². The highest BCUT2D eigenvalue weighted by Gasteiger charge is 2.25. The Hall–Kier alpha value is -1.59. The van der Waals surface area contributed by atoms with Crippen LogP contribution < -0.4 is 5.32 Å². The number of hydrogen-bond acceptors (Lipinski definition) is 4. The van der Waals surface area contributed by atoms with Gasteiger partial charge in [0.2, 0.25) is 0 Å². The number of nitrogens with one attached hydrogen (secondary N) is 1. The van der Waals surface area contributed by atoms with Crippen LogP contribution in [0, 0.1) is 6.92 Å². The van der Waals surface area contributed by atoms with Crippen LogP contribution in [-0.2, 0) is 4.74 Å². The molecule has 1 atom stereocenters. The maximum Gasteiger partial charge on any atom is 0.254 e. The van der Waals surface area contributed by atoms with Crippen LogP contribution in [0.2, 0.25) is 0 Å². The molecule has 1 unspecified atom stereocenters. The van der Waals surface area contributed by atoms with Crippen molar-refractivity contribution in [3.63, 3.8) is 0 Å².